The van der Waals surface area contributed by atoms with Crippen molar-refractivity contribution in [3.8, 4) is 0 Å². The van der Waals surface area contributed by atoms with Crippen LogP contribution in [0.1, 0.15) is 5.56 Å². The van der Waals surface area contributed by atoms with Gasteiger partial charge in [-0.15, -0.1) is 0 Å². The normalized spacial score (nSPS) is 10.6. The van der Waals surface area contributed by atoms with Crippen molar-refractivity contribution in [2.75, 3.05) is 5.32 Å². The maximum absolute atomic E-state index is 11.5. The fraction of sp³-hybridized carbons (Fsp3) is 0.111. The number of carbonyl (C=O) groups is 2. The Labute approximate surface area is 141 Å². The number of nitrogens with one attached hydrogen (secondary N) is 1. The van der Waals surface area contributed by atoms with E-state index < -0.39 is 11.9 Å². The molecule has 1 amide bonds. The van der Waals surface area contributed by atoms with Crippen molar-refractivity contribution >= 4 is 37.0 Å². The molecule has 0 radical (unpaired) electrons. The number of rotatable bonds is 7. The van der Waals surface area contributed by atoms with Gasteiger partial charge in [0.05, 0.1) is 0 Å². The molecule has 4 nitrogen and oxygen atoms in total. The van der Waals surface area contributed by atoms with Crippen LogP contribution in [0.3, 0.4) is 0 Å². The third kappa shape index (κ3) is 6.51. The van der Waals surface area contributed by atoms with Gasteiger partial charge in [-0.3, -0.25) is 0 Å². The Bertz CT molecular complexity index is 681. The van der Waals surface area contributed by atoms with Crippen LogP contribution in [0, 0.1) is 0 Å². The molecule has 2 N–H and O–H groups in total. The van der Waals surface area contributed by atoms with Crippen LogP contribution in [0.25, 0.3) is 0 Å². The molecule has 2 aromatic rings. The van der Waals surface area contributed by atoms with Gasteiger partial charge < -0.3 is 0 Å². The van der Waals surface area contributed by atoms with Gasteiger partial charge in [0.25, 0.3) is 0 Å². The second-order valence-corrected chi connectivity index (χ2v) is 7.22. The van der Waals surface area contributed by atoms with Gasteiger partial charge in [-0.25, -0.2) is 0 Å². The molecule has 5 heteroatoms. The molecule has 0 fully saturated rings. The van der Waals surface area contributed by atoms with Crippen LogP contribution in [0.2, 0.25) is 5.32 Å². The van der Waals surface area contributed by atoms with Crippen molar-refractivity contribution in [3.63, 3.8) is 0 Å². The van der Waals surface area contributed by atoms with Crippen LogP contribution in [0.15, 0.2) is 66.7 Å². The first kappa shape index (κ1) is 17.0. The minimum absolute atomic E-state index is 0.390. The molecular formula is C18H17NO3Se. The molecule has 0 aliphatic rings. The summed E-state index contributed by atoms with van der Waals surface area (Å²) in [4.78, 5) is 21.8. The number of hydrogen-bond acceptors (Lipinski definition) is 2. The number of carbonyl (C=O) groups excluding carboxylic acids is 1. The summed E-state index contributed by atoms with van der Waals surface area (Å²) in [5.74, 6) is -1.59. The molecule has 2 aromatic carbocycles. The van der Waals surface area contributed by atoms with Crippen LogP contribution >= 0.6 is 0 Å². The van der Waals surface area contributed by atoms with Crippen LogP contribution in [-0.4, -0.2) is 31.9 Å². The van der Waals surface area contributed by atoms with Crippen LogP contribution in [-0.2, 0) is 16.0 Å². The van der Waals surface area contributed by atoms with E-state index in [2.05, 4.69) is 29.6 Å². The number of anilines is 1. The molecule has 118 valence electrons. The predicted octanol–water partition coefficient (Wildman–Crippen LogP) is 2.26. The minimum atomic E-state index is -1.14. The molecule has 0 aromatic heterocycles. The van der Waals surface area contributed by atoms with E-state index in [1.807, 2.05) is 30.3 Å². The second-order valence-electron chi connectivity index (χ2n) is 4.77. The van der Waals surface area contributed by atoms with E-state index in [0.29, 0.717) is 20.6 Å². The number of aryl methyl sites for hydroxylation is 1. The van der Waals surface area contributed by atoms with E-state index in [9.17, 15) is 9.59 Å². The van der Waals surface area contributed by atoms with E-state index >= 15 is 0 Å². The first-order chi connectivity index (χ1) is 11.1. The van der Waals surface area contributed by atoms with Gasteiger partial charge in [0.15, 0.2) is 0 Å². The molecule has 0 saturated heterocycles. The van der Waals surface area contributed by atoms with Gasteiger partial charge in [0, 0.05) is 0 Å². The van der Waals surface area contributed by atoms with Crippen LogP contribution < -0.4 is 9.78 Å². The fourth-order valence-corrected chi connectivity index (χ4v) is 3.79. The molecule has 23 heavy (non-hydrogen) atoms. The molecule has 0 heterocycles. The molecule has 0 spiro atoms. The average Bonchev–Trinajstić information content (AvgIpc) is 2.56. The molecule has 0 atom stereocenters. The standard InChI is InChI=1S/C18H17NO3Se/c20-17(10-11-18(21)22)19-15-6-8-16(9-7-15)23-13-12-14-4-2-1-3-5-14/h1-11H,12-13H2,(H,19,20)(H,21,22)/b11-10-. The number of aliphatic carboxylic acids is 1. The topological polar surface area (TPSA) is 66.4 Å². The van der Waals surface area contributed by atoms with Gasteiger partial charge in [-0.05, 0) is 0 Å². The summed E-state index contributed by atoms with van der Waals surface area (Å²) in [5.41, 5.74) is 2.01. The Morgan fingerprint density at radius 2 is 1.70 bits per heavy atom. The number of hydrogen-bond donors (Lipinski definition) is 2. The number of amides is 1. The zero-order chi connectivity index (χ0) is 16.5. The molecular weight excluding hydrogens is 357 g/mol. The second kappa shape index (κ2) is 8.93. The first-order valence-corrected chi connectivity index (χ1v) is 9.19. The third-order valence-electron chi connectivity index (χ3n) is 3.00. The predicted molar refractivity (Wildman–Crippen MR) is 92.2 cm³/mol. The third-order valence-corrected chi connectivity index (χ3v) is 5.13. The quantitative estimate of drug-likeness (QED) is 0.577. The van der Waals surface area contributed by atoms with Crippen molar-refractivity contribution in [2.24, 2.45) is 0 Å². The van der Waals surface area contributed by atoms with E-state index in [1.54, 1.807) is 0 Å². The summed E-state index contributed by atoms with van der Waals surface area (Å²) in [7, 11) is 0. The van der Waals surface area contributed by atoms with Crippen molar-refractivity contribution in [1.29, 1.82) is 0 Å². The number of carboxylic acid groups (broad SMARTS) is 1. The Morgan fingerprint density at radius 3 is 2.35 bits per heavy atom. The molecule has 0 saturated carbocycles. The zero-order valence-electron chi connectivity index (χ0n) is 12.4. The Morgan fingerprint density at radius 1 is 1.00 bits per heavy atom. The van der Waals surface area contributed by atoms with Crippen molar-refractivity contribution < 1.29 is 14.7 Å². The Kier molecular flexibility index (Phi) is 6.60. The van der Waals surface area contributed by atoms with Gasteiger partial charge in [0.2, 0.25) is 0 Å². The fourth-order valence-electron chi connectivity index (χ4n) is 1.90. The summed E-state index contributed by atoms with van der Waals surface area (Å²) < 4.78 is 1.27. The van der Waals surface area contributed by atoms with E-state index in [1.165, 1.54) is 10.0 Å². The SMILES string of the molecule is O=C(O)/C=C\C(=O)Nc1ccc([Se]CCc2ccccc2)cc1. The van der Waals surface area contributed by atoms with Gasteiger partial charge >= 0.3 is 141 Å². The summed E-state index contributed by atoms with van der Waals surface area (Å²) in [5, 5.41) is 12.2. The Balaban J connectivity index is 1.80. The van der Waals surface area contributed by atoms with Gasteiger partial charge in [-0.2, -0.15) is 0 Å². The van der Waals surface area contributed by atoms with Crippen molar-refractivity contribution in [2.45, 2.75) is 11.7 Å². The van der Waals surface area contributed by atoms with Crippen LogP contribution in [0.5, 0.6) is 0 Å². The summed E-state index contributed by atoms with van der Waals surface area (Å²) in [6.45, 7) is 0. The molecule has 2 rings (SSSR count). The first-order valence-electron chi connectivity index (χ1n) is 7.12. The van der Waals surface area contributed by atoms with E-state index in [0.717, 1.165) is 23.9 Å². The number of carboxylic acids is 1. The maximum atomic E-state index is 11.5. The average molecular weight is 374 g/mol. The van der Waals surface area contributed by atoms with Crippen molar-refractivity contribution in [3.05, 3.63) is 72.3 Å². The molecule has 0 aliphatic carbocycles. The Hall–Kier alpha value is -2.36. The molecule has 0 bridgehead atoms. The summed E-state index contributed by atoms with van der Waals surface area (Å²) >= 11 is 0.390. The van der Waals surface area contributed by atoms with E-state index in [4.69, 9.17) is 5.11 Å². The molecule has 0 aliphatic heterocycles. The summed E-state index contributed by atoms with van der Waals surface area (Å²) in [6, 6.07) is 18.1. The van der Waals surface area contributed by atoms with Gasteiger partial charge in [0.1, 0.15) is 0 Å². The van der Waals surface area contributed by atoms with Crippen molar-refractivity contribution in [1.82, 2.24) is 0 Å². The zero-order valence-corrected chi connectivity index (χ0v) is 14.2. The number of benzene rings is 2. The van der Waals surface area contributed by atoms with E-state index in [-0.39, 0.29) is 0 Å². The molecule has 0 unspecified atom stereocenters. The summed E-state index contributed by atoms with van der Waals surface area (Å²) in [6.07, 6.45) is 2.88. The van der Waals surface area contributed by atoms with Crippen LogP contribution in [0.4, 0.5) is 5.69 Å². The van der Waals surface area contributed by atoms with Gasteiger partial charge in [-0.1, -0.05) is 0 Å². The monoisotopic (exact) mass is 375 g/mol.